The maximum Gasteiger partial charge on any atom is 0.150 e. The predicted octanol–water partition coefficient (Wildman–Crippen LogP) is 0.714. The summed E-state index contributed by atoms with van der Waals surface area (Å²) in [6.45, 7) is 0.741. The molecule has 72 valence electrons. The molecule has 5 nitrogen and oxygen atoms in total. The van der Waals surface area contributed by atoms with Crippen LogP contribution in [0.3, 0.4) is 0 Å². The van der Waals surface area contributed by atoms with Crippen molar-refractivity contribution in [2.24, 2.45) is 0 Å². The molecule has 0 radical (unpaired) electrons. The van der Waals surface area contributed by atoms with Gasteiger partial charge >= 0.3 is 0 Å². The van der Waals surface area contributed by atoms with Gasteiger partial charge in [0.25, 0.3) is 0 Å². The zero-order chi connectivity index (χ0) is 9.80. The molecule has 6 heteroatoms. The van der Waals surface area contributed by atoms with Crippen molar-refractivity contribution in [3.63, 3.8) is 0 Å². The molecule has 0 spiro atoms. The molecule has 0 unspecified atom stereocenters. The van der Waals surface area contributed by atoms with Gasteiger partial charge in [-0.3, -0.25) is 0 Å². The predicted molar refractivity (Wildman–Crippen MR) is 53.7 cm³/mol. The van der Waals surface area contributed by atoms with Crippen LogP contribution in [0.4, 0.5) is 0 Å². The van der Waals surface area contributed by atoms with E-state index >= 15 is 0 Å². The Kier molecular flexibility index (Phi) is 2.76. The van der Waals surface area contributed by atoms with Crippen LogP contribution in [0.15, 0.2) is 18.7 Å². The lowest BCUT2D eigenvalue weighted by Crippen LogP contribution is -2.04. The van der Waals surface area contributed by atoms with Crippen molar-refractivity contribution in [3.05, 3.63) is 23.7 Å². The Hall–Kier alpha value is -1.40. The summed E-state index contributed by atoms with van der Waals surface area (Å²) in [4.78, 5) is 7.86. The molecule has 0 saturated carbocycles. The zero-order valence-electron chi connectivity index (χ0n) is 7.64. The fourth-order valence-corrected chi connectivity index (χ4v) is 1.83. The summed E-state index contributed by atoms with van der Waals surface area (Å²) in [6, 6.07) is 0. The van der Waals surface area contributed by atoms with Gasteiger partial charge in [-0.25, -0.2) is 9.97 Å². The molecule has 2 rings (SSSR count). The summed E-state index contributed by atoms with van der Waals surface area (Å²) < 4.78 is 0. The second-order valence-electron chi connectivity index (χ2n) is 2.66. The van der Waals surface area contributed by atoms with Gasteiger partial charge in [-0.1, -0.05) is 11.3 Å². The van der Waals surface area contributed by atoms with Crippen molar-refractivity contribution in [1.29, 1.82) is 0 Å². The first-order valence-electron chi connectivity index (χ1n) is 4.12. The van der Waals surface area contributed by atoms with E-state index in [9.17, 15) is 0 Å². The topological polar surface area (TPSA) is 63.6 Å². The third kappa shape index (κ3) is 1.91. The van der Waals surface area contributed by atoms with Crippen LogP contribution in [0.5, 0.6) is 0 Å². The standard InChI is InChI=1S/C8H9N5S/c1-9-4-7-12-13-8(14-7)6-2-10-5-11-3-6/h2-3,5,9H,4H2,1H3. The van der Waals surface area contributed by atoms with Gasteiger partial charge in [0, 0.05) is 24.5 Å². The fourth-order valence-electron chi connectivity index (χ4n) is 1.00. The molecule has 14 heavy (non-hydrogen) atoms. The number of hydrogen-bond donors (Lipinski definition) is 1. The molecule has 0 atom stereocenters. The minimum Gasteiger partial charge on any atom is -0.313 e. The van der Waals surface area contributed by atoms with E-state index in [1.54, 1.807) is 23.7 Å². The van der Waals surface area contributed by atoms with E-state index < -0.39 is 0 Å². The normalized spacial score (nSPS) is 10.4. The maximum absolute atomic E-state index is 4.05. The SMILES string of the molecule is CNCc1nnc(-c2cncnc2)s1. The summed E-state index contributed by atoms with van der Waals surface area (Å²) in [6.07, 6.45) is 4.96. The Morgan fingerprint density at radius 3 is 2.79 bits per heavy atom. The lowest BCUT2D eigenvalue weighted by atomic mass is 10.4. The van der Waals surface area contributed by atoms with Crippen LogP contribution in [0, 0.1) is 0 Å². The molecule has 0 saturated heterocycles. The first kappa shape index (κ1) is 9.17. The average molecular weight is 207 g/mol. The summed E-state index contributed by atoms with van der Waals surface area (Å²) in [5, 5.41) is 12.9. The lowest BCUT2D eigenvalue weighted by molar-refractivity contribution is 0.794. The summed E-state index contributed by atoms with van der Waals surface area (Å²) in [5.74, 6) is 0. The second-order valence-corrected chi connectivity index (χ2v) is 3.72. The lowest BCUT2D eigenvalue weighted by Gasteiger charge is -1.90. The molecule has 0 aliphatic carbocycles. The van der Waals surface area contributed by atoms with Gasteiger partial charge < -0.3 is 5.32 Å². The van der Waals surface area contributed by atoms with Crippen molar-refractivity contribution < 1.29 is 0 Å². The Bertz CT molecular complexity index is 399. The van der Waals surface area contributed by atoms with E-state index in [1.807, 2.05) is 7.05 Å². The molecule has 1 N–H and O–H groups in total. The number of hydrogen-bond acceptors (Lipinski definition) is 6. The van der Waals surface area contributed by atoms with Gasteiger partial charge in [-0.15, -0.1) is 10.2 Å². The fraction of sp³-hybridized carbons (Fsp3) is 0.250. The molecular formula is C8H9N5S. The highest BCUT2D eigenvalue weighted by Gasteiger charge is 2.05. The van der Waals surface area contributed by atoms with Gasteiger partial charge in [0.1, 0.15) is 11.3 Å². The largest absolute Gasteiger partial charge is 0.313 e. The molecule has 0 bridgehead atoms. The van der Waals surface area contributed by atoms with Crippen molar-refractivity contribution in [1.82, 2.24) is 25.5 Å². The number of aromatic nitrogens is 4. The van der Waals surface area contributed by atoms with Gasteiger partial charge in [0.15, 0.2) is 5.01 Å². The highest BCUT2D eigenvalue weighted by molar-refractivity contribution is 7.14. The van der Waals surface area contributed by atoms with Crippen molar-refractivity contribution in [3.8, 4) is 10.6 Å². The second kappa shape index (κ2) is 4.21. The minimum absolute atomic E-state index is 0.741. The molecule has 2 aromatic heterocycles. The number of nitrogens with zero attached hydrogens (tertiary/aromatic N) is 4. The van der Waals surface area contributed by atoms with E-state index in [2.05, 4.69) is 25.5 Å². The third-order valence-corrected chi connectivity index (χ3v) is 2.57. The molecular weight excluding hydrogens is 198 g/mol. The van der Waals surface area contributed by atoms with Crippen LogP contribution in [-0.2, 0) is 6.54 Å². The Morgan fingerprint density at radius 1 is 1.29 bits per heavy atom. The third-order valence-electron chi connectivity index (χ3n) is 1.60. The maximum atomic E-state index is 4.05. The number of nitrogens with one attached hydrogen (secondary N) is 1. The van der Waals surface area contributed by atoms with E-state index in [-0.39, 0.29) is 0 Å². The summed E-state index contributed by atoms with van der Waals surface area (Å²) >= 11 is 1.55. The minimum atomic E-state index is 0.741. The number of rotatable bonds is 3. The van der Waals surface area contributed by atoms with Crippen LogP contribution in [0.2, 0.25) is 0 Å². The van der Waals surface area contributed by atoms with Crippen LogP contribution in [0.25, 0.3) is 10.6 Å². The summed E-state index contributed by atoms with van der Waals surface area (Å²) in [7, 11) is 1.88. The highest BCUT2D eigenvalue weighted by atomic mass is 32.1. The zero-order valence-corrected chi connectivity index (χ0v) is 8.45. The van der Waals surface area contributed by atoms with E-state index in [0.717, 1.165) is 22.1 Å². The van der Waals surface area contributed by atoms with E-state index in [4.69, 9.17) is 0 Å². The Morgan fingerprint density at radius 2 is 2.07 bits per heavy atom. The quantitative estimate of drug-likeness (QED) is 0.803. The van der Waals surface area contributed by atoms with Crippen LogP contribution >= 0.6 is 11.3 Å². The van der Waals surface area contributed by atoms with Gasteiger partial charge in [0.05, 0.1) is 0 Å². The Labute approximate surface area is 85.3 Å². The van der Waals surface area contributed by atoms with Crippen molar-refractivity contribution in [2.45, 2.75) is 6.54 Å². The van der Waals surface area contributed by atoms with Crippen molar-refractivity contribution >= 4 is 11.3 Å². The highest BCUT2D eigenvalue weighted by Crippen LogP contribution is 2.21. The average Bonchev–Trinajstić information content (AvgIpc) is 2.68. The Balaban J connectivity index is 2.25. The molecule has 0 amide bonds. The van der Waals surface area contributed by atoms with Crippen LogP contribution in [-0.4, -0.2) is 27.2 Å². The van der Waals surface area contributed by atoms with E-state index in [0.29, 0.717) is 0 Å². The monoisotopic (exact) mass is 207 g/mol. The summed E-state index contributed by atoms with van der Waals surface area (Å²) in [5.41, 5.74) is 0.910. The molecule has 2 aromatic rings. The van der Waals surface area contributed by atoms with Gasteiger partial charge in [-0.2, -0.15) is 0 Å². The molecule has 2 heterocycles. The van der Waals surface area contributed by atoms with Crippen LogP contribution in [0.1, 0.15) is 5.01 Å². The molecule has 0 aromatic carbocycles. The first-order valence-corrected chi connectivity index (χ1v) is 4.94. The molecule has 0 aliphatic rings. The first-order chi connectivity index (χ1) is 6.90. The van der Waals surface area contributed by atoms with Gasteiger partial charge in [0.2, 0.25) is 0 Å². The van der Waals surface area contributed by atoms with Crippen LogP contribution < -0.4 is 5.32 Å². The molecule has 0 fully saturated rings. The van der Waals surface area contributed by atoms with Crippen molar-refractivity contribution in [2.75, 3.05) is 7.05 Å². The molecule has 0 aliphatic heterocycles. The van der Waals surface area contributed by atoms with Gasteiger partial charge in [-0.05, 0) is 7.05 Å². The van der Waals surface area contributed by atoms with E-state index in [1.165, 1.54) is 6.33 Å². The smallest absolute Gasteiger partial charge is 0.150 e.